The molecule has 1 heterocycles. The van der Waals surface area contributed by atoms with E-state index in [4.69, 9.17) is 5.11 Å². The van der Waals surface area contributed by atoms with Gasteiger partial charge < -0.3 is 10.4 Å². The highest BCUT2D eigenvalue weighted by Crippen LogP contribution is 2.11. The van der Waals surface area contributed by atoms with Crippen LogP contribution in [0, 0.1) is 6.92 Å². The van der Waals surface area contributed by atoms with Crippen LogP contribution in [0.2, 0.25) is 0 Å². The normalized spacial score (nSPS) is 10.1. The van der Waals surface area contributed by atoms with E-state index in [0.29, 0.717) is 11.3 Å². The van der Waals surface area contributed by atoms with Crippen LogP contribution in [-0.2, 0) is 6.61 Å². The van der Waals surface area contributed by atoms with Gasteiger partial charge in [-0.2, -0.15) is 0 Å². The Balaban J connectivity index is 2.11. The third-order valence-corrected chi connectivity index (χ3v) is 2.55. The molecule has 0 aliphatic carbocycles. The van der Waals surface area contributed by atoms with Crippen molar-refractivity contribution in [3.05, 3.63) is 59.4 Å². The maximum Gasteiger partial charge on any atom is 0.255 e. The number of carbonyl (C=O) groups is 1. The summed E-state index contributed by atoms with van der Waals surface area (Å²) in [6.07, 6.45) is 1.61. The first-order valence-corrected chi connectivity index (χ1v) is 5.63. The van der Waals surface area contributed by atoms with Crippen LogP contribution >= 0.6 is 0 Å². The molecule has 1 amide bonds. The SMILES string of the molecule is Cc1cc(C(=O)Nc2ccc(CO)cc2)ccn1. The van der Waals surface area contributed by atoms with Crippen LogP contribution in [0.3, 0.4) is 0 Å². The van der Waals surface area contributed by atoms with Crippen molar-refractivity contribution in [1.29, 1.82) is 0 Å². The predicted molar refractivity (Wildman–Crippen MR) is 69.3 cm³/mol. The molecular formula is C14H14N2O2. The number of aliphatic hydroxyl groups excluding tert-OH is 1. The number of pyridine rings is 1. The molecule has 2 aromatic rings. The lowest BCUT2D eigenvalue weighted by atomic mass is 10.2. The molecule has 92 valence electrons. The van der Waals surface area contributed by atoms with Crippen molar-refractivity contribution >= 4 is 11.6 Å². The molecule has 0 fully saturated rings. The number of hydrogen-bond acceptors (Lipinski definition) is 3. The van der Waals surface area contributed by atoms with Gasteiger partial charge in [-0.3, -0.25) is 9.78 Å². The summed E-state index contributed by atoms with van der Waals surface area (Å²) >= 11 is 0. The summed E-state index contributed by atoms with van der Waals surface area (Å²) in [7, 11) is 0. The zero-order valence-corrected chi connectivity index (χ0v) is 10.1. The molecular weight excluding hydrogens is 228 g/mol. The molecule has 2 rings (SSSR count). The van der Waals surface area contributed by atoms with E-state index in [1.165, 1.54) is 0 Å². The van der Waals surface area contributed by atoms with Gasteiger partial charge in [0, 0.05) is 23.1 Å². The highest BCUT2D eigenvalue weighted by molar-refractivity contribution is 6.04. The largest absolute Gasteiger partial charge is 0.392 e. The van der Waals surface area contributed by atoms with Crippen LogP contribution in [-0.4, -0.2) is 16.0 Å². The molecule has 0 saturated heterocycles. The van der Waals surface area contributed by atoms with E-state index in [0.717, 1.165) is 11.3 Å². The lowest BCUT2D eigenvalue weighted by molar-refractivity contribution is 0.102. The average Bonchev–Trinajstić information content (AvgIpc) is 2.39. The Kier molecular flexibility index (Phi) is 3.69. The van der Waals surface area contributed by atoms with Crippen LogP contribution < -0.4 is 5.32 Å². The Bertz CT molecular complexity index is 550. The molecule has 0 spiro atoms. The minimum atomic E-state index is -0.169. The van der Waals surface area contributed by atoms with Gasteiger partial charge in [0.05, 0.1) is 6.61 Å². The third-order valence-electron chi connectivity index (χ3n) is 2.55. The van der Waals surface area contributed by atoms with E-state index in [1.54, 1.807) is 42.6 Å². The number of rotatable bonds is 3. The summed E-state index contributed by atoms with van der Waals surface area (Å²) in [6, 6.07) is 10.5. The molecule has 1 aromatic heterocycles. The number of aryl methyl sites for hydroxylation is 1. The zero-order valence-electron chi connectivity index (χ0n) is 10.1. The van der Waals surface area contributed by atoms with Crippen LogP contribution in [0.4, 0.5) is 5.69 Å². The molecule has 0 bridgehead atoms. The van der Waals surface area contributed by atoms with Crippen molar-refractivity contribution in [2.24, 2.45) is 0 Å². The van der Waals surface area contributed by atoms with E-state index >= 15 is 0 Å². The topological polar surface area (TPSA) is 62.2 Å². The number of aliphatic hydroxyl groups is 1. The fourth-order valence-corrected chi connectivity index (χ4v) is 1.58. The van der Waals surface area contributed by atoms with Crippen molar-refractivity contribution < 1.29 is 9.90 Å². The molecule has 18 heavy (non-hydrogen) atoms. The first-order valence-electron chi connectivity index (χ1n) is 5.63. The van der Waals surface area contributed by atoms with Gasteiger partial charge in [0.1, 0.15) is 0 Å². The highest BCUT2D eigenvalue weighted by Gasteiger charge is 2.06. The van der Waals surface area contributed by atoms with Crippen LogP contribution in [0.5, 0.6) is 0 Å². The van der Waals surface area contributed by atoms with Crippen molar-refractivity contribution in [3.8, 4) is 0 Å². The van der Waals surface area contributed by atoms with Gasteiger partial charge in [-0.05, 0) is 36.8 Å². The number of anilines is 1. The van der Waals surface area contributed by atoms with Gasteiger partial charge in [0.2, 0.25) is 0 Å². The lowest BCUT2D eigenvalue weighted by Crippen LogP contribution is -2.12. The van der Waals surface area contributed by atoms with Crippen LogP contribution in [0.1, 0.15) is 21.6 Å². The zero-order chi connectivity index (χ0) is 13.0. The number of amides is 1. The first-order chi connectivity index (χ1) is 8.69. The smallest absolute Gasteiger partial charge is 0.255 e. The number of nitrogens with one attached hydrogen (secondary N) is 1. The molecule has 0 unspecified atom stereocenters. The van der Waals surface area contributed by atoms with Crippen LogP contribution in [0.15, 0.2) is 42.6 Å². The van der Waals surface area contributed by atoms with E-state index in [9.17, 15) is 4.79 Å². The Labute approximate surface area is 105 Å². The molecule has 2 N–H and O–H groups in total. The third kappa shape index (κ3) is 2.93. The molecule has 0 radical (unpaired) electrons. The van der Waals surface area contributed by atoms with Crippen LogP contribution in [0.25, 0.3) is 0 Å². The van der Waals surface area contributed by atoms with E-state index in [1.807, 2.05) is 6.92 Å². The fourth-order valence-electron chi connectivity index (χ4n) is 1.58. The monoisotopic (exact) mass is 242 g/mol. The Hall–Kier alpha value is -2.20. The number of carbonyl (C=O) groups excluding carboxylic acids is 1. The molecule has 4 nitrogen and oxygen atoms in total. The molecule has 0 saturated carbocycles. The number of benzene rings is 1. The van der Waals surface area contributed by atoms with Gasteiger partial charge in [-0.1, -0.05) is 12.1 Å². The summed E-state index contributed by atoms with van der Waals surface area (Å²) < 4.78 is 0. The van der Waals surface area contributed by atoms with Crippen molar-refractivity contribution in [3.63, 3.8) is 0 Å². The molecule has 1 aromatic carbocycles. The summed E-state index contributed by atoms with van der Waals surface area (Å²) in [6.45, 7) is 1.84. The van der Waals surface area contributed by atoms with Gasteiger partial charge in [-0.15, -0.1) is 0 Å². The molecule has 0 aliphatic rings. The summed E-state index contributed by atoms with van der Waals surface area (Å²) in [5.41, 5.74) is 2.89. The average molecular weight is 242 g/mol. The summed E-state index contributed by atoms with van der Waals surface area (Å²) in [5, 5.41) is 11.7. The lowest BCUT2D eigenvalue weighted by Gasteiger charge is -2.06. The second-order valence-electron chi connectivity index (χ2n) is 4.00. The van der Waals surface area contributed by atoms with Gasteiger partial charge in [-0.25, -0.2) is 0 Å². The standard InChI is InChI=1S/C14H14N2O2/c1-10-8-12(6-7-15-10)14(18)16-13-4-2-11(9-17)3-5-13/h2-8,17H,9H2,1H3,(H,16,18). The molecule has 0 aliphatic heterocycles. The maximum absolute atomic E-state index is 11.9. The highest BCUT2D eigenvalue weighted by atomic mass is 16.3. The van der Waals surface area contributed by atoms with Gasteiger partial charge >= 0.3 is 0 Å². The Morgan fingerprint density at radius 3 is 2.61 bits per heavy atom. The van der Waals surface area contributed by atoms with E-state index in [-0.39, 0.29) is 12.5 Å². The van der Waals surface area contributed by atoms with Gasteiger partial charge in [0.15, 0.2) is 0 Å². The van der Waals surface area contributed by atoms with Crippen molar-refractivity contribution in [1.82, 2.24) is 4.98 Å². The Morgan fingerprint density at radius 1 is 1.28 bits per heavy atom. The fraction of sp³-hybridized carbons (Fsp3) is 0.143. The Morgan fingerprint density at radius 2 is 2.00 bits per heavy atom. The molecule has 4 heteroatoms. The van der Waals surface area contributed by atoms with Crippen molar-refractivity contribution in [2.75, 3.05) is 5.32 Å². The van der Waals surface area contributed by atoms with E-state index in [2.05, 4.69) is 10.3 Å². The summed E-state index contributed by atoms with van der Waals surface area (Å²) in [4.78, 5) is 16.0. The quantitative estimate of drug-likeness (QED) is 0.866. The first kappa shape index (κ1) is 12.3. The second-order valence-corrected chi connectivity index (χ2v) is 4.00. The van der Waals surface area contributed by atoms with Crippen molar-refractivity contribution in [2.45, 2.75) is 13.5 Å². The number of aromatic nitrogens is 1. The number of nitrogens with zero attached hydrogens (tertiary/aromatic N) is 1. The van der Waals surface area contributed by atoms with Gasteiger partial charge in [0.25, 0.3) is 5.91 Å². The number of hydrogen-bond donors (Lipinski definition) is 2. The minimum absolute atomic E-state index is 0.00221. The predicted octanol–water partition coefficient (Wildman–Crippen LogP) is 2.13. The van der Waals surface area contributed by atoms with E-state index < -0.39 is 0 Å². The molecule has 0 atom stereocenters. The minimum Gasteiger partial charge on any atom is -0.392 e. The second kappa shape index (κ2) is 5.42. The maximum atomic E-state index is 11.9. The summed E-state index contributed by atoms with van der Waals surface area (Å²) in [5.74, 6) is -0.169.